The van der Waals surface area contributed by atoms with Gasteiger partial charge in [-0.05, 0) is 83.2 Å². The Morgan fingerprint density at radius 1 is 1.17 bits per heavy atom. The summed E-state index contributed by atoms with van der Waals surface area (Å²) in [6.07, 6.45) is 18.0. The summed E-state index contributed by atoms with van der Waals surface area (Å²) in [5.41, 5.74) is 0.968. The number of fused-ring (bicyclic) bond motifs is 1. The van der Waals surface area contributed by atoms with E-state index < -0.39 is 5.60 Å². The summed E-state index contributed by atoms with van der Waals surface area (Å²) in [6.45, 7) is 6.31. The molecule has 2 aliphatic carbocycles. The fourth-order valence-corrected chi connectivity index (χ4v) is 5.04. The molecule has 0 aromatic heterocycles. The Morgan fingerprint density at radius 3 is 2.72 bits per heavy atom. The maximum absolute atomic E-state index is 10.5. The van der Waals surface area contributed by atoms with E-state index in [1.807, 2.05) is 6.92 Å². The number of aliphatic hydroxyl groups excluding tert-OH is 2. The van der Waals surface area contributed by atoms with Gasteiger partial charge in [-0.15, -0.1) is 0 Å². The van der Waals surface area contributed by atoms with Crippen molar-refractivity contribution in [3.63, 3.8) is 0 Å². The monoisotopic (exact) mass is 407 g/mol. The van der Waals surface area contributed by atoms with Gasteiger partial charge in [-0.3, -0.25) is 0 Å². The Morgan fingerprint density at radius 2 is 1.97 bits per heavy atom. The van der Waals surface area contributed by atoms with E-state index >= 15 is 0 Å². The molecule has 168 valence electrons. The van der Waals surface area contributed by atoms with Crippen LogP contribution in [-0.2, 0) is 0 Å². The fourth-order valence-electron chi connectivity index (χ4n) is 5.04. The Balaban J connectivity index is 1.68. The zero-order chi connectivity index (χ0) is 21.1. The number of unbranched alkanes of at least 4 members (excludes halogenated alkanes) is 3. The molecule has 1 saturated carbocycles. The molecule has 0 aromatic rings. The molecule has 0 bridgehead atoms. The maximum Gasteiger partial charge on any atom is 0.0654 e. The van der Waals surface area contributed by atoms with Gasteiger partial charge in [0.1, 0.15) is 0 Å². The van der Waals surface area contributed by atoms with Crippen LogP contribution in [0.15, 0.2) is 23.8 Å². The van der Waals surface area contributed by atoms with E-state index in [9.17, 15) is 10.2 Å². The molecule has 2 rings (SSSR count). The summed E-state index contributed by atoms with van der Waals surface area (Å²) in [5.74, 6) is 1.33. The van der Waals surface area contributed by atoms with Gasteiger partial charge in [0, 0.05) is 12.5 Å². The molecule has 0 aliphatic heterocycles. The number of rotatable bonds is 15. The van der Waals surface area contributed by atoms with E-state index in [1.165, 1.54) is 25.7 Å². The Hall–Kier alpha value is -0.680. The largest absolute Gasteiger partial charge is 0.396 e. The molecule has 0 aromatic carbocycles. The molecule has 0 amide bonds. The van der Waals surface area contributed by atoms with Crippen LogP contribution in [0.5, 0.6) is 0 Å². The van der Waals surface area contributed by atoms with E-state index in [0.717, 1.165) is 51.6 Å². The van der Waals surface area contributed by atoms with Gasteiger partial charge in [0.15, 0.2) is 0 Å². The second-order valence-electron chi connectivity index (χ2n) is 9.61. The average Bonchev–Trinajstić information content (AvgIpc) is 3.19. The van der Waals surface area contributed by atoms with Crippen LogP contribution in [0.2, 0.25) is 0 Å². The molecule has 2 aliphatic rings. The number of aliphatic hydroxyl groups is 3. The molecule has 4 nitrogen and oxygen atoms in total. The minimum absolute atomic E-state index is 0.232. The van der Waals surface area contributed by atoms with Crippen molar-refractivity contribution in [3.8, 4) is 0 Å². The highest BCUT2D eigenvalue weighted by atomic mass is 16.3. The summed E-state index contributed by atoms with van der Waals surface area (Å²) >= 11 is 0. The molecular formula is C25H45NO3. The standard InChI is InChI=1S/C25H45NO3/c1-3-4-12-25(2,29)13-8-11-22-23-18-20(17-21(23)19-24(22)28)10-6-5-7-14-26-15-9-16-27/h8,11,17,21-24,26-29H,3-7,9-10,12-16,18-19H2,1-2H3/t21-,22+,23-,24+,25-/m0/s1. The van der Waals surface area contributed by atoms with Gasteiger partial charge in [0.2, 0.25) is 0 Å². The van der Waals surface area contributed by atoms with Crippen LogP contribution in [0.3, 0.4) is 0 Å². The van der Waals surface area contributed by atoms with Gasteiger partial charge < -0.3 is 20.6 Å². The smallest absolute Gasteiger partial charge is 0.0654 e. The molecule has 4 heteroatoms. The third-order valence-electron chi connectivity index (χ3n) is 6.80. The zero-order valence-electron chi connectivity index (χ0n) is 18.8. The van der Waals surface area contributed by atoms with Crippen LogP contribution < -0.4 is 5.32 Å². The lowest BCUT2D eigenvalue weighted by Gasteiger charge is -2.22. The Labute approximate surface area is 178 Å². The van der Waals surface area contributed by atoms with Crippen molar-refractivity contribution in [2.75, 3.05) is 19.7 Å². The lowest BCUT2D eigenvalue weighted by Crippen LogP contribution is -2.23. The minimum atomic E-state index is -0.624. The number of hydrogen-bond acceptors (Lipinski definition) is 4. The average molecular weight is 408 g/mol. The summed E-state index contributed by atoms with van der Waals surface area (Å²) in [4.78, 5) is 0. The molecule has 1 fully saturated rings. The van der Waals surface area contributed by atoms with Gasteiger partial charge in [-0.25, -0.2) is 0 Å². The molecule has 0 radical (unpaired) electrons. The SMILES string of the molecule is CCCC[C@](C)(O)CC=C[C@@H]1[C@H]2CC(CCCCCNCCCO)=C[C@H]2C[C@H]1O. The second-order valence-corrected chi connectivity index (χ2v) is 9.61. The first-order valence-electron chi connectivity index (χ1n) is 12.0. The molecule has 29 heavy (non-hydrogen) atoms. The van der Waals surface area contributed by atoms with Gasteiger partial charge in [-0.1, -0.05) is 50.0 Å². The maximum atomic E-state index is 10.5. The number of nitrogens with one attached hydrogen (secondary N) is 1. The van der Waals surface area contributed by atoms with E-state index in [4.69, 9.17) is 5.11 Å². The first-order valence-corrected chi connectivity index (χ1v) is 12.0. The lowest BCUT2D eigenvalue weighted by atomic mass is 9.87. The lowest BCUT2D eigenvalue weighted by molar-refractivity contribution is 0.0513. The van der Waals surface area contributed by atoms with Crippen LogP contribution in [-0.4, -0.2) is 46.7 Å². The summed E-state index contributed by atoms with van der Waals surface area (Å²) in [7, 11) is 0. The van der Waals surface area contributed by atoms with E-state index in [-0.39, 0.29) is 18.6 Å². The first-order chi connectivity index (χ1) is 14.0. The van der Waals surface area contributed by atoms with Gasteiger partial charge in [0.05, 0.1) is 11.7 Å². The van der Waals surface area contributed by atoms with Crippen molar-refractivity contribution >= 4 is 0 Å². The summed E-state index contributed by atoms with van der Waals surface area (Å²) in [6, 6.07) is 0. The Kier molecular flexibility index (Phi) is 10.9. The van der Waals surface area contributed by atoms with Crippen molar-refractivity contribution in [1.82, 2.24) is 5.32 Å². The van der Waals surface area contributed by atoms with Crippen LogP contribution in [0.1, 0.15) is 84.5 Å². The van der Waals surface area contributed by atoms with Crippen molar-refractivity contribution in [2.45, 2.75) is 96.2 Å². The molecular weight excluding hydrogens is 362 g/mol. The first kappa shape index (κ1) is 24.6. The molecule has 0 saturated heterocycles. The van der Waals surface area contributed by atoms with E-state index in [0.29, 0.717) is 18.3 Å². The number of hydrogen-bond donors (Lipinski definition) is 4. The Bertz CT molecular complexity index is 514. The van der Waals surface area contributed by atoms with Crippen molar-refractivity contribution in [2.24, 2.45) is 17.8 Å². The van der Waals surface area contributed by atoms with Crippen LogP contribution in [0, 0.1) is 17.8 Å². The van der Waals surface area contributed by atoms with Crippen molar-refractivity contribution in [1.29, 1.82) is 0 Å². The third-order valence-corrected chi connectivity index (χ3v) is 6.80. The molecule has 0 spiro atoms. The van der Waals surface area contributed by atoms with Crippen molar-refractivity contribution < 1.29 is 15.3 Å². The van der Waals surface area contributed by atoms with Gasteiger partial charge in [-0.2, -0.15) is 0 Å². The molecule has 4 N–H and O–H groups in total. The molecule has 0 unspecified atom stereocenters. The molecule has 5 atom stereocenters. The highest BCUT2D eigenvalue weighted by Gasteiger charge is 2.43. The summed E-state index contributed by atoms with van der Waals surface area (Å²) in [5, 5.41) is 33.1. The normalized spacial score (nSPS) is 28.7. The van der Waals surface area contributed by atoms with E-state index in [1.54, 1.807) is 5.57 Å². The van der Waals surface area contributed by atoms with Gasteiger partial charge >= 0.3 is 0 Å². The molecule has 0 heterocycles. The fraction of sp³-hybridized carbons (Fsp3) is 0.840. The highest BCUT2D eigenvalue weighted by Crippen LogP contribution is 2.48. The number of allylic oxidation sites excluding steroid dienone is 2. The topological polar surface area (TPSA) is 72.7 Å². The summed E-state index contributed by atoms with van der Waals surface area (Å²) < 4.78 is 0. The highest BCUT2D eigenvalue weighted by molar-refractivity contribution is 5.20. The predicted octanol–water partition coefficient (Wildman–Crippen LogP) is 4.35. The minimum Gasteiger partial charge on any atom is -0.396 e. The van der Waals surface area contributed by atoms with Crippen LogP contribution in [0.25, 0.3) is 0 Å². The van der Waals surface area contributed by atoms with Crippen LogP contribution in [0.4, 0.5) is 0 Å². The quantitative estimate of drug-likeness (QED) is 0.241. The zero-order valence-corrected chi connectivity index (χ0v) is 18.8. The second kappa shape index (κ2) is 12.9. The third kappa shape index (κ3) is 8.53. The van der Waals surface area contributed by atoms with E-state index in [2.05, 4.69) is 30.5 Å². The van der Waals surface area contributed by atoms with Gasteiger partial charge in [0.25, 0.3) is 0 Å². The predicted molar refractivity (Wildman–Crippen MR) is 121 cm³/mol. The van der Waals surface area contributed by atoms with Crippen molar-refractivity contribution in [3.05, 3.63) is 23.8 Å². The van der Waals surface area contributed by atoms with Crippen LogP contribution >= 0.6 is 0 Å².